The highest BCUT2D eigenvalue weighted by atomic mass is 16.2. The van der Waals surface area contributed by atoms with Gasteiger partial charge >= 0.3 is 0 Å². The molecule has 2 N–H and O–H groups in total. The predicted octanol–water partition coefficient (Wildman–Crippen LogP) is -0.272. The molecule has 12 heavy (non-hydrogen) atoms. The van der Waals surface area contributed by atoms with Gasteiger partial charge in [0, 0.05) is 13.2 Å². The van der Waals surface area contributed by atoms with Gasteiger partial charge in [-0.2, -0.15) is 0 Å². The molecule has 1 rings (SSSR count). The van der Waals surface area contributed by atoms with E-state index in [1.807, 2.05) is 0 Å². The number of hydrogen-bond donors (Lipinski definition) is 2. The third-order valence-corrected chi connectivity index (χ3v) is 1.38. The molecule has 5 nitrogen and oxygen atoms in total. The summed E-state index contributed by atoms with van der Waals surface area (Å²) in [5.41, 5.74) is 0.290. The van der Waals surface area contributed by atoms with Gasteiger partial charge in [-0.05, 0) is 0 Å². The van der Waals surface area contributed by atoms with Crippen LogP contribution in [-0.2, 0) is 4.79 Å². The lowest BCUT2D eigenvalue weighted by molar-refractivity contribution is -0.119. The van der Waals surface area contributed by atoms with E-state index in [9.17, 15) is 9.59 Å². The molecule has 0 aromatic carbocycles. The van der Waals surface area contributed by atoms with Gasteiger partial charge in [-0.15, -0.1) is 0 Å². The van der Waals surface area contributed by atoms with E-state index < -0.39 is 0 Å². The number of Topliss-reactive ketones (excluding diaryl/α,β-unsaturated/α-hetero) is 1. The minimum absolute atomic E-state index is 0.151. The van der Waals surface area contributed by atoms with Crippen LogP contribution in [0.25, 0.3) is 0 Å². The molecule has 1 amide bonds. The number of carbonyl (C=O) groups is 2. The second-order valence-electron chi connectivity index (χ2n) is 2.23. The summed E-state index contributed by atoms with van der Waals surface area (Å²) in [5, 5.41) is 2.36. The van der Waals surface area contributed by atoms with Crippen molar-refractivity contribution >= 4 is 11.7 Å². The third-order valence-electron chi connectivity index (χ3n) is 1.38. The maximum absolute atomic E-state index is 11.1. The van der Waals surface area contributed by atoms with Gasteiger partial charge in [-0.1, -0.05) is 0 Å². The summed E-state index contributed by atoms with van der Waals surface area (Å²) < 4.78 is 0. The molecule has 5 heteroatoms. The van der Waals surface area contributed by atoms with Crippen LogP contribution in [0.3, 0.4) is 0 Å². The van der Waals surface area contributed by atoms with Crippen molar-refractivity contribution < 1.29 is 9.59 Å². The quantitative estimate of drug-likeness (QED) is 0.480. The first kappa shape index (κ1) is 8.45. The highest BCUT2D eigenvalue weighted by Crippen LogP contribution is 1.96. The number of H-pyrrole nitrogens is 1. The molecule has 0 unspecified atom stereocenters. The zero-order valence-corrected chi connectivity index (χ0v) is 6.63. The Balaban J connectivity index is 2.56. The van der Waals surface area contributed by atoms with E-state index in [2.05, 4.69) is 15.3 Å². The lowest BCUT2D eigenvalue weighted by Gasteiger charge is -1.95. The lowest BCUT2D eigenvalue weighted by Crippen LogP contribution is -2.21. The van der Waals surface area contributed by atoms with Gasteiger partial charge in [0.1, 0.15) is 5.69 Å². The molecular formula is C7H9N3O2. The number of hydrogen-bond acceptors (Lipinski definition) is 3. The Morgan fingerprint density at radius 2 is 2.42 bits per heavy atom. The summed E-state index contributed by atoms with van der Waals surface area (Å²) in [6.07, 6.45) is 2.71. The van der Waals surface area contributed by atoms with Crippen molar-refractivity contribution in [3.8, 4) is 0 Å². The average molecular weight is 167 g/mol. The maximum atomic E-state index is 11.1. The van der Waals surface area contributed by atoms with Crippen LogP contribution in [0.1, 0.15) is 16.9 Å². The van der Waals surface area contributed by atoms with Crippen LogP contribution >= 0.6 is 0 Å². The second kappa shape index (κ2) is 3.66. The summed E-state index contributed by atoms with van der Waals surface area (Å²) in [7, 11) is 1.49. The first-order valence-electron chi connectivity index (χ1n) is 3.46. The first-order chi connectivity index (χ1) is 5.74. The molecule has 0 spiro atoms. The highest BCUT2D eigenvalue weighted by Gasteiger charge is 2.11. The Bertz CT molecular complexity index is 279. The molecule has 64 valence electrons. The molecule has 0 saturated heterocycles. The molecular weight excluding hydrogens is 158 g/mol. The van der Waals surface area contributed by atoms with Crippen LogP contribution in [0.2, 0.25) is 0 Å². The minimum atomic E-state index is -0.303. The summed E-state index contributed by atoms with van der Waals surface area (Å²) in [6.45, 7) is 0. The Kier molecular flexibility index (Phi) is 2.57. The summed E-state index contributed by atoms with van der Waals surface area (Å²) in [6, 6.07) is 0. The number of carbonyl (C=O) groups excluding carboxylic acids is 2. The fourth-order valence-electron chi connectivity index (χ4n) is 0.738. The number of imidazole rings is 1. The van der Waals surface area contributed by atoms with Crippen molar-refractivity contribution in [3.05, 3.63) is 18.2 Å². The fourth-order valence-corrected chi connectivity index (χ4v) is 0.738. The van der Waals surface area contributed by atoms with Crippen molar-refractivity contribution in [1.82, 2.24) is 15.3 Å². The average Bonchev–Trinajstić information content (AvgIpc) is 2.56. The molecule has 0 radical (unpaired) electrons. The Labute approximate surface area is 69.2 Å². The number of ketones is 1. The molecule has 1 heterocycles. The van der Waals surface area contributed by atoms with E-state index in [0.29, 0.717) is 5.69 Å². The van der Waals surface area contributed by atoms with Crippen molar-refractivity contribution in [2.45, 2.75) is 6.42 Å². The zero-order valence-electron chi connectivity index (χ0n) is 6.63. The van der Waals surface area contributed by atoms with Gasteiger partial charge in [-0.3, -0.25) is 9.59 Å². The molecule has 0 aliphatic heterocycles. The van der Waals surface area contributed by atoms with E-state index in [1.165, 1.54) is 19.6 Å². The monoisotopic (exact) mass is 167 g/mol. The van der Waals surface area contributed by atoms with Crippen LogP contribution in [-0.4, -0.2) is 28.7 Å². The van der Waals surface area contributed by atoms with E-state index in [4.69, 9.17) is 0 Å². The molecule has 1 aromatic rings. The smallest absolute Gasteiger partial charge is 0.227 e. The number of nitrogens with one attached hydrogen (secondary N) is 2. The van der Waals surface area contributed by atoms with Gasteiger partial charge in [0.15, 0.2) is 5.78 Å². The third kappa shape index (κ3) is 1.91. The van der Waals surface area contributed by atoms with E-state index >= 15 is 0 Å². The predicted molar refractivity (Wildman–Crippen MR) is 41.6 cm³/mol. The Morgan fingerprint density at radius 1 is 1.67 bits per heavy atom. The summed E-state index contributed by atoms with van der Waals surface area (Å²) >= 11 is 0. The van der Waals surface area contributed by atoms with Gasteiger partial charge < -0.3 is 10.3 Å². The summed E-state index contributed by atoms with van der Waals surface area (Å²) in [4.78, 5) is 28.2. The second-order valence-corrected chi connectivity index (χ2v) is 2.23. The van der Waals surface area contributed by atoms with Crippen molar-refractivity contribution in [2.75, 3.05) is 7.05 Å². The van der Waals surface area contributed by atoms with Crippen LogP contribution in [0.15, 0.2) is 12.5 Å². The van der Waals surface area contributed by atoms with Crippen LogP contribution < -0.4 is 5.32 Å². The van der Waals surface area contributed by atoms with Crippen LogP contribution in [0.5, 0.6) is 0 Å². The number of aromatic nitrogens is 2. The van der Waals surface area contributed by atoms with Crippen molar-refractivity contribution in [1.29, 1.82) is 0 Å². The van der Waals surface area contributed by atoms with E-state index in [1.54, 1.807) is 0 Å². The topological polar surface area (TPSA) is 74.8 Å². The number of nitrogens with zero attached hydrogens (tertiary/aromatic N) is 1. The van der Waals surface area contributed by atoms with Gasteiger partial charge in [-0.25, -0.2) is 4.98 Å². The van der Waals surface area contributed by atoms with Crippen molar-refractivity contribution in [3.63, 3.8) is 0 Å². The summed E-state index contributed by atoms with van der Waals surface area (Å²) in [5.74, 6) is -0.585. The molecule has 0 aliphatic rings. The minimum Gasteiger partial charge on any atom is -0.359 e. The maximum Gasteiger partial charge on any atom is 0.227 e. The van der Waals surface area contributed by atoms with Gasteiger partial charge in [0.2, 0.25) is 5.91 Å². The highest BCUT2D eigenvalue weighted by molar-refractivity contribution is 6.06. The number of aromatic amines is 1. The largest absolute Gasteiger partial charge is 0.359 e. The Morgan fingerprint density at radius 3 is 2.92 bits per heavy atom. The number of rotatable bonds is 3. The van der Waals surface area contributed by atoms with Crippen LogP contribution in [0.4, 0.5) is 0 Å². The normalized spacial score (nSPS) is 9.42. The lowest BCUT2D eigenvalue weighted by atomic mass is 10.2. The molecule has 0 aliphatic carbocycles. The standard InChI is InChI=1S/C7H9N3O2/c1-8-7(12)2-6(11)5-3-9-4-10-5/h3-4H,2H2,1H3,(H,8,12)(H,9,10). The fraction of sp³-hybridized carbons (Fsp3) is 0.286. The van der Waals surface area contributed by atoms with Gasteiger partial charge in [0.25, 0.3) is 0 Å². The molecule has 0 fully saturated rings. The van der Waals surface area contributed by atoms with Gasteiger partial charge in [0.05, 0.1) is 12.7 Å². The van der Waals surface area contributed by atoms with Crippen molar-refractivity contribution in [2.24, 2.45) is 0 Å². The zero-order chi connectivity index (χ0) is 8.97. The molecule has 0 bridgehead atoms. The molecule has 0 saturated carbocycles. The molecule has 0 atom stereocenters. The SMILES string of the molecule is CNC(=O)CC(=O)c1c[nH]cn1. The Hall–Kier alpha value is -1.65. The van der Waals surface area contributed by atoms with E-state index in [-0.39, 0.29) is 18.1 Å². The van der Waals surface area contributed by atoms with E-state index in [0.717, 1.165) is 0 Å². The number of amides is 1. The molecule has 1 aromatic heterocycles. The van der Waals surface area contributed by atoms with Crippen LogP contribution in [0, 0.1) is 0 Å². The first-order valence-corrected chi connectivity index (χ1v) is 3.46.